The first-order valence-electron chi connectivity index (χ1n) is 10.8. The summed E-state index contributed by atoms with van der Waals surface area (Å²) in [5, 5.41) is 5.06. The van der Waals surface area contributed by atoms with E-state index in [9.17, 15) is 4.79 Å². The van der Waals surface area contributed by atoms with Crippen molar-refractivity contribution in [3.05, 3.63) is 104 Å². The normalized spacial score (nSPS) is 11.9. The van der Waals surface area contributed by atoms with Gasteiger partial charge >= 0.3 is 0 Å². The fraction of sp³-hybridized carbons (Fsp3) is 0.222. The topological polar surface area (TPSA) is 56.5 Å². The monoisotopic (exact) mass is 503 g/mol. The lowest BCUT2D eigenvalue weighted by molar-refractivity contribution is 0.306. The zero-order valence-electron chi connectivity index (χ0n) is 19.2. The highest BCUT2D eigenvalue weighted by Gasteiger charge is 2.22. The number of fused-ring (bicyclic) bond motifs is 1. The second-order valence-corrected chi connectivity index (χ2v) is 9.97. The molecule has 0 bridgehead atoms. The molecule has 0 radical (unpaired) electrons. The van der Waals surface area contributed by atoms with Crippen molar-refractivity contribution in [1.82, 2.24) is 9.66 Å². The van der Waals surface area contributed by atoms with Crippen molar-refractivity contribution < 1.29 is 4.74 Å². The molecule has 0 aliphatic rings. The number of nitrogens with zero attached hydrogens (tertiary/aromatic N) is 3. The molecule has 0 aliphatic carbocycles. The molecule has 1 aromatic heterocycles. The highest BCUT2D eigenvalue weighted by Crippen LogP contribution is 2.23. The number of aromatic nitrogens is 2. The van der Waals surface area contributed by atoms with Crippen molar-refractivity contribution in [2.24, 2.45) is 5.10 Å². The van der Waals surface area contributed by atoms with Gasteiger partial charge in [0.05, 0.1) is 17.1 Å². The van der Waals surface area contributed by atoms with E-state index >= 15 is 0 Å². The van der Waals surface area contributed by atoms with E-state index in [4.69, 9.17) is 9.72 Å². The number of hydrogen-bond acceptors (Lipinski definition) is 4. The Hall–Kier alpha value is -3.25. The lowest BCUT2D eigenvalue weighted by atomic mass is 9.95. The van der Waals surface area contributed by atoms with Crippen molar-refractivity contribution in [3.8, 4) is 5.75 Å². The first-order valence-corrected chi connectivity index (χ1v) is 11.6. The van der Waals surface area contributed by atoms with E-state index in [0.29, 0.717) is 23.3 Å². The van der Waals surface area contributed by atoms with Crippen LogP contribution in [-0.4, -0.2) is 15.9 Å². The molecule has 1 heterocycles. The molecule has 0 amide bonds. The smallest absolute Gasteiger partial charge is 0.282 e. The molecular formula is C27H26BrN3O2. The predicted molar refractivity (Wildman–Crippen MR) is 137 cm³/mol. The summed E-state index contributed by atoms with van der Waals surface area (Å²) in [6, 6.07) is 21.4. The van der Waals surface area contributed by atoms with Gasteiger partial charge in [-0.2, -0.15) is 9.78 Å². The minimum absolute atomic E-state index is 0.200. The van der Waals surface area contributed by atoms with Crippen molar-refractivity contribution in [3.63, 3.8) is 0 Å². The molecule has 3 aromatic carbocycles. The van der Waals surface area contributed by atoms with E-state index in [-0.39, 0.29) is 11.0 Å². The molecule has 0 saturated carbocycles. The Bertz CT molecular complexity index is 1380. The quantitative estimate of drug-likeness (QED) is 0.303. The maximum atomic E-state index is 13.3. The lowest BCUT2D eigenvalue weighted by Crippen LogP contribution is -2.29. The maximum Gasteiger partial charge on any atom is 0.282 e. The van der Waals surface area contributed by atoms with Gasteiger partial charge in [0.25, 0.3) is 5.56 Å². The van der Waals surface area contributed by atoms with E-state index in [1.54, 1.807) is 12.3 Å². The minimum Gasteiger partial charge on any atom is -0.489 e. The van der Waals surface area contributed by atoms with Crippen molar-refractivity contribution in [2.45, 2.75) is 39.7 Å². The van der Waals surface area contributed by atoms with Gasteiger partial charge in [0, 0.05) is 9.89 Å². The SMILES string of the molecule is Cc1ccc(COc2cccc(C=Nn3c(C(C)(C)C)nc4ccc(Br)cc4c3=O)c2)cc1. The highest BCUT2D eigenvalue weighted by molar-refractivity contribution is 9.10. The van der Waals surface area contributed by atoms with Crippen LogP contribution in [-0.2, 0) is 12.0 Å². The Morgan fingerprint density at radius 1 is 1.06 bits per heavy atom. The van der Waals surface area contributed by atoms with Gasteiger partial charge < -0.3 is 4.74 Å². The zero-order valence-corrected chi connectivity index (χ0v) is 20.8. The number of aryl methyl sites for hydroxylation is 1. The van der Waals surface area contributed by atoms with Gasteiger partial charge in [0.2, 0.25) is 0 Å². The summed E-state index contributed by atoms with van der Waals surface area (Å²) in [5.74, 6) is 1.34. The summed E-state index contributed by atoms with van der Waals surface area (Å²) in [6.45, 7) is 8.60. The van der Waals surface area contributed by atoms with Gasteiger partial charge in [-0.1, -0.05) is 78.7 Å². The van der Waals surface area contributed by atoms with Gasteiger partial charge in [-0.25, -0.2) is 4.98 Å². The van der Waals surface area contributed by atoms with Crippen LogP contribution in [0.4, 0.5) is 0 Å². The van der Waals surface area contributed by atoms with Crippen LogP contribution in [0.25, 0.3) is 10.9 Å². The number of ether oxygens (including phenoxy) is 1. The van der Waals surface area contributed by atoms with Gasteiger partial charge in [-0.3, -0.25) is 4.79 Å². The molecule has 0 aliphatic heterocycles. The Labute approximate surface area is 201 Å². The molecule has 0 atom stereocenters. The average Bonchev–Trinajstić information content (AvgIpc) is 2.78. The maximum absolute atomic E-state index is 13.3. The Kier molecular flexibility index (Phi) is 6.47. The third-order valence-electron chi connectivity index (χ3n) is 5.19. The van der Waals surface area contributed by atoms with Crippen LogP contribution in [0, 0.1) is 6.92 Å². The fourth-order valence-corrected chi connectivity index (χ4v) is 3.76. The second kappa shape index (κ2) is 9.32. The Morgan fingerprint density at radius 2 is 1.82 bits per heavy atom. The molecular weight excluding hydrogens is 478 g/mol. The molecule has 0 spiro atoms. The number of hydrogen-bond donors (Lipinski definition) is 0. The van der Waals surface area contributed by atoms with E-state index in [0.717, 1.165) is 21.3 Å². The van der Waals surface area contributed by atoms with Crippen molar-refractivity contribution >= 4 is 33.0 Å². The first kappa shape index (κ1) is 22.9. The van der Waals surface area contributed by atoms with Gasteiger partial charge in [-0.15, -0.1) is 0 Å². The van der Waals surface area contributed by atoms with Crippen LogP contribution in [0.1, 0.15) is 43.3 Å². The molecule has 0 unspecified atom stereocenters. The predicted octanol–water partition coefficient (Wildman–Crippen LogP) is 6.23. The van der Waals surface area contributed by atoms with Gasteiger partial charge in [-0.05, 0) is 48.4 Å². The molecule has 5 nitrogen and oxygen atoms in total. The van der Waals surface area contributed by atoms with Gasteiger partial charge in [0.15, 0.2) is 0 Å². The third-order valence-corrected chi connectivity index (χ3v) is 5.68. The highest BCUT2D eigenvalue weighted by atomic mass is 79.9. The van der Waals surface area contributed by atoms with Gasteiger partial charge in [0.1, 0.15) is 18.2 Å². The molecule has 0 saturated heterocycles. The first-order chi connectivity index (χ1) is 15.7. The summed E-state index contributed by atoms with van der Waals surface area (Å²) in [5.41, 5.74) is 3.25. The van der Waals surface area contributed by atoms with Crippen molar-refractivity contribution in [1.29, 1.82) is 0 Å². The number of benzene rings is 3. The van der Waals surface area contributed by atoms with E-state index in [1.807, 2.05) is 57.2 Å². The summed E-state index contributed by atoms with van der Waals surface area (Å²) < 4.78 is 8.17. The van der Waals surface area contributed by atoms with E-state index in [2.05, 4.69) is 52.2 Å². The van der Waals surface area contributed by atoms with Crippen LogP contribution >= 0.6 is 15.9 Å². The Morgan fingerprint density at radius 3 is 2.55 bits per heavy atom. The summed E-state index contributed by atoms with van der Waals surface area (Å²) in [7, 11) is 0. The summed E-state index contributed by atoms with van der Waals surface area (Å²) in [6.07, 6.45) is 1.67. The largest absolute Gasteiger partial charge is 0.489 e. The second-order valence-electron chi connectivity index (χ2n) is 9.06. The molecule has 168 valence electrons. The minimum atomic E-state index is -0.364. The van der Waals surface area contributed by atoms with E-state index < -0.39 is 0 Å². The number of rotatable bonds is 5. The molecule has 4 aromatic rings. The third kappa shape index (κ3) is 5.40. The Balaban J connectivity index is 1.65. The van der Waals surface area contributed by atoms with Crippen molar-refractivity contribution in [2.75, 3.05) is 0 Å². The van der Waals surface area contributed by atoms with Crippen LogP contribution < -0.4 is 10.3 Å². The average molecular weight is 504 g/mol. The van der Waals surface area contributed by atoms with Crippen LogP contribution in [0.2, 0.25) is 0 Å². The molecule has 4 rings (SSSR count). The molecule has 0 fully saturated rings. The zero-order chi connectivity index (χ0) is 23.6. The molecule has 33 heavy (non-hydrogen) atoms. The summed E-state index contributed by atoms with van der Waals surface area (Å²) in [4.78, 5) is 18.0. The number of halogens is 1. The lowest BCUT2D eigenvalue weighted by Gasteiger charge is -2.20. The van der Waals surface area contributed by atoms with Crippen LogP contribution in [0.15, 0.2) is 81.1 Å². The van der Waals surface area contributed by atoms with E-state index in [1.165, 1.54) is 10.2 Å². The fourth-order valence-electron chi connectivity index (χ4n) is 3.40. The molecule has 0 N–H and O–H groups in total. The summed E-state index contributed by atoms with van der Waals surface area (Å²) >= 11 is 3.44. The standard InChI is InChI=1S/C27H26BrN3O2/c1-18-8-10-19(11-9-18)17-33-22-7-5-6-20(14-22)16-29-31-25(32)23-15-21(28)12-13-24(23)30-26(31)27(2,3)4/h5-16H,17H2,1-4H3. The molecule has 6 heteroatoms. The van der Waals surface area contributed by atoms with Crippen LogP contribution in [0.3, 0.4) is 0 Å². The van der Waals surface area contributed by atoms with Crippen LogP contribution in [0.5, 0.6) is 5.75 Å².